The van der Waals surface area contributed by atoms with Crippen LogP contribution in [0.5, 0.6) is 0 Å². The maximum absolute atomic E-state index is 13.1. The Hall–Kier alpha value is -1.10. The molecule has 5 nitrogen and oxygen atoms in total. The second-order valence-electron chi connectivity index (χ2n) is 9.18. The van der Waals surface area contributed by atoms with Gasteiger partial charge in [0.1, 0.15) is 0 Å². The summed E-state index contributed by atoms with van der Waals surface area (Å²) in [5, 5.41) is 0. The van der Waals surface area contributed by atoms with E-state index in [9.17, 15) is 9.59 Å². The van der Waals surface area contributed by atoms with Crippen molar-refractivity contribution in [2.45, 2.75) is 70.3 Å². The molecule has 2 atom stereocenters. The summed E-state index contributed by atoms with van der Waals surface area (Å²) in [6, 6.07) is 0.317. The quantitative estimate of drug-likeness (QED) is 0.821. The third-order valence-electron chi connectivity index (χ3n) is 7.62. The Balaban J connectivity index is 1.29. The van der Waals surface area contributed by atoms with Crippen LogP contribution in [0.2, 0.25) is 0 Å². The molecule has 146 valence electrons. The monoisotopic (exact) mass is 361 g/mol. The number of piperazine rings is 1. The van der Waals surface area contributed by atoms with Crippen LogP contribution in [-0.4, -0.2) is 53.8 Å². The van der Waals surface area contributed by atoms with Gasteiger partial charge in [-0.15, -0.1) is 0 Å². The molecule has 2 amide bonds. The number of carbonyl (C=O) groups excluding carboxylic acids is 2. The van der Waals surface area contributed by atoms with Crippen LogP contribution < -0.4 is 5.73 Å². The fourth-order valence-corrected chi connectivity index (χ4v) is 6.00. The first-order valence-corrected chi connectivity index (χ1v) is 11.0. The summed E-state index contributed by atoms with van der Waals surface area (Å²) in [6.45, 7) is 2.88. The van der Waals surface area contributed by atoms with Crippen LogP contribution in [-0.2, 0) is 9.59 Å². The van der Waals surface area contributed by atoms with Crippen LogP contribution in [0.25, 0.3) is 0 Å². The van der Waals surface area contributed by atoms with Gasteiger partial charge in [-0.05, 0) is 50.4 Å². The molecule has 5 heteroatoms. The first-order valence-electron chi connectivity index (χ1n) is 11.0. The molecule has 0 aromatic carbocycles. The predicted octanol–water partition coefficient (Wildman–Crippen LogP) is 2.39. The number of amides is 2. The van der Waals surface area contributed by atoms with Gasteiger partial charge < -0.3 is 15.5 Å². The second kappa shape index (κ2) is 7.87. The zero-order valence-electron chi connectivity index (χ0n) is 16.1. The number of fused-ring (bicyclic) bond motifs is 2. The van der Waals surface area contributed by atoms with Gasteiger partial charge in [-0.25, -0.2) is 0 Å². The predicted molar refractivity (Wildman–Crippen MR) is 101 cm³/mol. The summed E-state index contributed by atoms with van der Waals surface area (Å²) in [7, 11) is 0. The van der Waals surface area contributed by atoms with Gasteiger partial charge >= 0.3 is 0 Å². The van der Waals surface area contributed by atoms with E-state index in [0.29, 0.717) is 29.7 Å². The molecule has 4 fully saturated rings. The minimum Gasteiger partial charge on any atom is -0.339 e. The molecule has 4 rings (SSSR count). The highest BCUT2D eigenvalue weighted by Crippen LogP contribution is 2.42. The molecule has 0 spiro atoms. The molecule has 2 N–H and O–H groups in total. The zero-order chi connectivity index (χ0) is 18.1. The molecule has 1 aliphatic heterocycles. The van der Waals surface area contributed by atoms with Crippen molar-refractivity contribution in [1.29, 1.82) is 0 Å². The minimum absolute atomic E-state index is 0.172. The Morgan fingerprint density at radius 3 is 1.69 bits per heavy atom. The van der Waals surface area contributed by atoms with E-state index in [-0.39, 0.29) is 11.8 Å². The molecule has 2 unspecified atom stereocenters. The first kappa shape index (κ1) is 18.3. The van der Waals surface area contributed by atoms with E-state index in [2.05, 4.69) is 0 Å². The van der Waals surface area contributed by atoms with Crippen molar-refractivity contribution in [2.24, 2.45) is 29.4 Å². The third kappa shape index (κ3) is 3.64. The number of carbonyl (C=O) groups is 2. The Morgan fingerprint density at radius 1 is 0.654 bits per heavy atom. The van der Waals surface area contributed by atoms with E-state index >= 15 is 0 Å². The Morgan fingerprint density at radius 2 is 1.15 bits per heavy atom. The number of rotatable bonds is 2. The summed E-state index contributed by atoms with van der Waals surface area (Å²) in [4.78, 5) is 29.8. The van der Waals surface area contributed by atoms with E-state index in [4.69, 9.17) is 5.73 Å². The molecular weight excluding hydrogens is 326 g/mol. The molecule has 3 aliphatic carbocycles. The average molecular weight is 362 g/mol. The standard InChI is InChI=1S/C21H35N3O2/c22-19-16-7-4-8-17(19)14-18(13-16)21(26)24-11-9-23(10-12-24)20(25)15-5-2-1-3-6-15/h15-19H,1-14,22H2. The largest absolute Gasteiger partial charge is 0.339 e. The highest BCUT2D eigenvalue weighted by atomic mass is 16.2. The van der Waals surface area contributed by atoms with Crippen LogP contribution in [0.3, 0.4) is 0 Å². The van der Waals surface area contributed by atoms with Crippen LogP contribution in [0.4, 0.5) is 0 Å². The van der Waals surface area contributed by atoms with Gasteiger partial charge in [0.15, 0.2) is 0 Å². The van der Waals surface area contributed by atoms with Crippen molar-refractivity contribution in [3.63, 3.8) is 0 Å². The fourth-order valence-electron chi connectivity index (χ4n) is 6.00. The van der Waals surface area contributed by atoms with Gasteiger partial charge in [0.25, 0.3) is 0 Å². The van der Waals surface area contributed by atoms with Crippen molar-refractivity contribution in [3.8, 4) is 0 Å². The number of nitrogens with zero attached hydrogens (tertiary/aromatic N) is 2. The van der Waals surface area contributed by atoms with Gasteiger partial charge in [-0.2, -0.15) is 0 Å². The molecule has 1 saturated heterocycles. The Labute approximate surface area is 157 Å². The van der Waals surface area contributed by atoms with E-state index in [1.165, 1.54) is 38.5 Å². The molecular formula is C21H35N3O2. The highest BCUT2D eigenvalue weighted by Gasteiger charge is 2.42. The van der Waals surface area contributed by atoms with Gasteiger partial charge in [0.2, 0.25) is 11.8 Å². The molecule has 1 heterocycles. The van der Waals surface area contributed by atoms with E-state index in [1.807, 2.05) is 9.80 Å². The average Bonchev–Trinajstić information content (AvgIpc) is 2.67. The van der Waals surface area contributed by atoms with Crippen LogP contribution in [0, 0.1) is 23.7 Å². The number of hydrogen-bond donors (Lipinski definition) is 1. The summed E-state index contributed by atoms with van der Waals surface area (Å²) >= 11 is 0. The maximum Gasteiger partial charge on any atom is 0.225 e. The molecule has 4 aliphatic rings. The van der Waals surface area contributed by atoms with Gasteiger partial charge in [-0.1, -0.05) is 25.7 Å². The molecule has 0 aromatic rings. The van der Waals surface area contributed by atoms with Crippen molar-refractivity contribution in [2.75, 3.05) is 26.2 Å². The summed E-state index contributed by atoms with van der Waals surface area (Å²) < 4.78 is 0. The van der Waals surface area contributed by atoms with Crippen molar-refractivity contribution < 1.29 is 9.59 Å². The van der Waals surface area contributed by atoms with Crippen molar-refractivity contribution in [1.82, 2.24) is 9.80 Å². The van der Waals surface area contributed by atoms with Crippen LogP contribution in [0.15, 0.2) is 0 Å². The highest BCUT2D eigenvalue weighted by molar-refractivity contribution is 5.81. The van der Waals surface area contributed by atoms with E-state index in [1.54, 1.807) is 0 Å². The lowest BCUT2D eigenvalue weighted by Crippen LogP contribution is -2.55. The van der Waals surface area contributed by atoms with E-state index < -0.39 is 0 Å². The van der Waals surface area contributed by atoms with Crippen molar-refractivity contribution >= 4 is 11.8 Å². The lowest BCUT2D eigenvalue weighted by Gasteiger charge is -2.45. The lowest BCUT2D eigenvalue weighted by atomic mass is 9.65. The van der Waals surface area contributed by atoms with Crippen molar-refractivity contribution in [3.05, 3.63) is 0 Å². The zero-order valence-corrected chi connectivity index (χ0v) is 16.1. The lowest BCUT2D eigenvalue weighted by molar-refractivity contribution is -0.146. The topological polar surface area (TPSA) is 66.6 Å². The number of nitrogens with two attached hydrogens (primary N) is 1. The van der Waals surface area contributed by atoms with E-state index in [0.717, 1.165) is 51.9 Å². The van der Waals surface area contributed by atoms with Crippen LogP contribution in [0.1, 0.15) is 64.2 Å². The number of hydrogen-bond acceptors (Lipinski definition) is 3. The Bertz CT molecular complexity index is 509. The molecule has 2 bridgehead atoms. The van der Waals surface area contributed by atoms with Gasteiger partial charge in [-0.3, -0.25) is 9.59 Å². The van der Waals surface area contributed by atoms with Gasteiger partial charge in [0.05, 0.1) is 0 Å². The molecule has 3 saturated carbocycles. The maximum atomic E-state index is 13.1. The summed E-state index contributed by atoms with van der Waals surface area (Å²) in [5.41, 5.74) is 6.38. The summed E-state index contributed by atoms with van der Waals surface area (Å²) in [5.74, 6) is 2.18. The fraction of sp³-hybridized carbons (Fsp3) is 0.905. The smallest absolute Gasteiger partial charge is 0.225 e. The Kier molecular flexibility index (Phi) is 5.53. The molecule has 26 heavy (non-hydrogen) atoms. The molecule has 0 radical (unpaired) electrons. The van der Waals surface area contributed by atoms with Gasteiger partial charge in [0, 0.05) is 44.1 Å². The normalized spacial score (nSPS) is 36.0. The molecule has 0 aromatic heterocycles. The van der Waals surface area contributed by atoms with Crippen LogP contribution >= 0.6 is 0 Å². The minimum atomic E-state index is 0.172. The summed E-state index contributed by atoms with van der Waals surface area (Å²) in [6.07, 6.45) is 11.4. The second-order valence-corrected chi connectivity index (χ2v) is 9.18. The SMILES string of the molecule is NC1C2CCCC1CC(C(=O)N1CCN(C(=O)C3CCCCC3)CC1)C2. The third-order valence-corrected chi connectivity index (χ3v) is 7.62. The first-order chi connectivity index (χ1) is 12.6.